The molecule has 0 saturated carbocycles. The van der Waals surface area contributed by atoms with Crippen LogP contribution in [0.25, 0.3) is 0 Å². The third-order valence-electron chi connectivity index (χ3n) is 5.79. The van der Waals surface area contributed by atoms with E-state index in [4.69, 9.17) is 0 Å². The summed E-state index contributed by atoms with van der Waals surface area (Å²) in [6.45, 7) is 16.5. The molecule has 0 aromatic heterocycles. The minimum absolute atomic E-state index is 0.0354. The molecule has 5 heteroatoms. The second-order valence-corrected chi connectivity index (χ2v) is 10.0. The first kappa shape index (κ1) is 25.6. The summed E-state index contributed by atoms with van der Waals surface area (Å²) in [5.41, 5.74) is 5.33. The van der Waals surface area contributed by atoms with Gasteiger partial charge in [0.15, 0.2) is 0 Å². The van der Waals surface area contributed by atoms with E-state index in [2.05, 4.69) is 74.8 Å². The van der Waals surface area contributed by atoms with Crippen LogP contribution in [-0.2, 0) is 15.0 Å². The fraction of sp³-hybridized carbons (Fsp3) is 0.481. The van der Waals surface area contributed by atoms with Gasteiger partial charge in [0.05, 0.1) is 12.6 Å². The summed E-state index contributed by atoms with van der Waals surface area (Å²) in [7, 11) is 0. The van der Waals surface area contributed by atoms with Crippen LogP contribution in [0.3, 0.4) is 0 Å². The molecule has 0 fully saturated rings. The van der Waals surface area contributed by atoms with Crippen LogP contribution in [0.5, 0.6) is 0 Å². The lowest BCUT2D eigenvalue weighted by Crippen LogP contribution is -2.46. The topological polar surface area (TPSA) is 70.2 Å². The summed E-state index contributed by atoms with van der Waals surface area (Å²) < 4.78 is 0. The van der Waals surface area contributed by atoms with Crippen molar-refractivity contribution in [2.45, 2.75) is 72.9 Å². The third-order valence-corrected chi connectivity index (χ3v) is 5.79. The van der Waals surface area contributed by atoms with Gasteiger partial charge < -0.3 is 10.6 Å². The molecule has 0 aliphatic rings. The predicted octanol–water partition coefficient (Wildman–Crippen LogP) is 5.03. The van der Waals surface area contributed by atoms with Crippen molar-refractivity contribution in [3.05, 3.63) is 64.7 Å². The van der Waals surface area contributed by atoms with E-state index in [0.717, 1.165) is 22.4 Å². The Morgan fingerprint density at radius 1 is 0.906 bits per heavy atom. The lowest BCUT2D eigenvalue weighted by Gasteiger charge is -2.27. The van der Waals surface area contributed by atoms with Crippen molar-refractivity contribution in [1.29, 1.82) is 0 Å². The number of hydrogen-bond donors (Lipinski definition) is 3. The van der Waals surface area contributed by atoms with Crippen molar-refractivity contribution < 1.29 is 9.59 Å². The van der Waals surface area contributed by atoms with Crippen molar-refractivity contribution in [2.75, 3.05) is 11.9 Å². The van der Waals surface area contributed by atoms with Crippen LogP contribution >= 0.6 is 0 Å². The zero-order chi connectivity index (χ0) is 24.1. The monoisotopic (exact) mass is 437 g/mol. The van der Waals surface area contributed by atoms with Crippen LogP contribution in [0, 0.1) is 19.8 Å². The van der Waals surface area contributed by atoms with E-state index in [9.17, 15) is 9.59 Å². The normalized spacial score (nSPS) is 13.5. The minimum atomic E-state index is -0.433. The van der Waals surface area contributed by atoms with Gasteiger partial charge in [0.1, 0.15) is 0 Å². The van der Waals surface area contributed by atoms with Gasteiger partial charge in [-0.25, -0.2) is 0 Å². The van der Waals surface area contributed by atoms with Crippen LogP contribution in [-0.4, -0.2) is 24.4 Å². The molecule has 0 radical (unpaired) electrons. The molecule has 0 saturated heterocycles. The number of rotatable bonds is 8. The molecule has 2 rings (SSSR count). The van der Waals surface area contributed by atoms with Crippen molar-refractivity contribution in [1.82, 2.24) is 10.6 Å². The SMILES string of the molecule is Cc1cccc(C)c1NC(=O)CNC(=O)[C@@H](C)N[C@@H](c1ccc(C(C)(C)C)cc1)C(C)C. The van der Waals surface area contributed by atoms with E-state index in [0.29, 0.717) is 5.92 Å². The summed E-state index contributed by atoms with van der Waals surface area (Å²) in [4.78, 5) is 25.0. The molecular weight excluding hydrogens is 398 g/mol. The first-order valence-electron chi connectivity index (χ1n) is 11.4. The molecule has 0 aliphatic carbocycles. The highest BCUT2D eigenvalue weighted by atomic mass is 16.2. The minimum Gasteiger partial charge on any atom is -0.346 e. The van der Waals surface area contributed by atoms with E-state index < -0.39 is 6.04 Å². The maximum Gasteiger partial charge on any atom is 0.243 e. The van der Waals surface area contributed by atoms with E-state index in [-0.39, 0.29) is 29.8 Å². The van der Waals surface area contributed by atoms with E-state index >= 15 is 0 Å². The Morgan fingerprint density at radius 2 is 1.47 bits per heavy atom. The number of carbonyl (C=O) groups is 2. The maximum absolute atomic E-state index is 12.7. The Labute approximate surface area is 193 Å². The molecule has 2 aromatic carbocycles. The summed E-state index contributed by atoms with van der Waals surface area (Å²) in [5.74, 6) is -0.127. The molecule has 0 heterocycles. The number of benzene rings is 2. The highest BCUT2D eigenvalue weighted by Crippen LogP contribution is 2.27. The summed E-state index contributed by atoms with van der Waals surface area (Å²) in [6, 6.07) is 14.1. The molecule has 174 valence electrons. The van der Waals surface area contributed by atoms with E-state index in [1.54, 1.807) is 0 Å². The zero-order valence-electron chi connectivity index (χ0n) is 20.8. The average molecular weight is 438 g/mol. The molecule has 0 aliphatic heterocycles. The smallest absolute Gasteiger partial charge is 0.243 e. The van der Waals surface area contributed by atoms with Crippen molar-refractivity contribution in [3.8, 4) is 0 Å². The Hall–Kier alpha value is -2.66. The van der Waals surface area contributed by atoms with Crippen molar-refractivity contribution >= 4 is 17.5 Å². The first-order valence-corrected chi connectivity index (χ1v) is 11.4. The van der Waals surface area contributed by atoms with Gasteiger partial charge in [0, 0.05) is 11.7 Å². The Kier molecular flexibility index (Phi) is 8.62. The number of nitrogens with one attached hydrogen (secondary N) is 3. The fourth-order valence-electron chi connectivity index (χ4n) is 3.72. The van der Waals surface area contributed by atoms with Crippen LogP contribution in [0.15, 0.2) is 42.5 Å². The molecule has 0 spiro atoms. The molecule has 0 bridgehead atoms. The third kappa shape index (κ3) is 6.92. The Bertz CT molecular complexity index is 907. The second-order valence-electron chi connectivity index (χ2n) is 10.0. The largest absolute Gasteiger partial charge is 0.346 e. The second kappa shape index (κ2) is 10.8. The molecule has 0 unspecified atom stereocenters. The van der Waals surface area contributed by atoms with Crippen LogP contribution in [0.4, 0.5) is 5.69 Å². The van der Waals surface area contributed by atoms with Gasteiger partial charge in [-0.2, -0.15) is 0 Å². The van der Waals surface area contributed by atoms with Gasteiger partial charge in [-0.1, -0.05) is 77.1 Å². The number of carbonyl (C=O) groups excluding carboxylic acids is 2. The lowest BCUT2D eigenvalue weighted by atomic mass is 9.85. The Morgan fingerprint density at radius 3 is 1.97 bits per heavy atom. The number of aryl methyl sites for hydroxylation is 2. The molecule has 2 amide bonds. The number of amides is 2. The number of para-hydroxylation sites is 1. The van der Waals surface area contributed by atoms with Crippen molar-refractivity contribution in [2.24, 2.45) is 5.92 Å². The molecule has 2 atom stereocenters. The average Bonchev–Trinajstić information content (AvgIpc) is 2.72. The molecular formula is C27H39N3O2. The van der Waals surface area contributed by atoms with Crippen LogP contribution < -0.4 is 16.0 Å². The quantitative estimate of drug-likeness (QED) is 0.542. The summed E-state index contributed by atoms with van der Waals surface area (Å²) >= 11 is 0. The van der Waals surface area contributed by atoms with E-state index in [1.807, 2.05) is 39.0 Å². The van der Waals surface area contributed by atoms with Crippen LogP contribution in [0.2, 0.25) is 0 Å². The number of anilines is 1. The molecule has 3 N–H and O–H groups in total. The highest BCUT2D eigenvalue weighted by Gasteiger charge is 2.23. The van der Waals surface area contributed by atoms with Crippen molar-refractivity contribution in [3.63, 3.8) is 0 Å². The van der Waals surface area contributed by atoms with Gasteiger partial charge >= 0.3 is 0 Å². The molecule has 2 aromatic rings. The summed E-state index contributed by atoms with van der Waals surface area (Å²) in [5, 5.41) is 9.09. The van der Waals surface area contributed by atoms with Crippen LogP contribution in [0.1, 0.15) is 69.8 Å². The standard InChI is InChI=1S/C27H39N3O2/c1-17(2)24(21-12-14-22(15-13-21)27(6,7)8)29-20(5)26(32)28-16-23(31)30-25-18(3)10-9-11-19(25)4/h9-15,17,20,24,29H,16H2,1-8H3,(H,28,32)(H,30,31)/t20-,24-/m1/s1. The lowest BCUT2D eigenvalue weighted by molar-refractivity contribution is -0.125. The first-order chi connectivity index (χ1) is 14.9. The highest BCUT2D eigenvalue weighted by molar-refractivity contribution is 5.96. The van der Waals surface area contributed by atoms with Gasteiger partial charge in [-0.05, 0) is 54.4 Å². The van der Waals surface area contributed by atoms with Gasteiger partial charge in [-0.3, -0.25) is 14.9 Å². The molecule has 32 heavy (non-hydrogen) atoms. The maximum atomic E-state index is 12.7. The van der Waals surface area contributed by atoms with E-state index in [1.165, 1.54) is 5.56 Å². The summed E-state index contributed by atoms with van der Waals surface area (Å²) in [6.07, 6.45) is 0. The van der Waals surface area contributed by atoms with Gasteiger partial charge in [-0.15, -0.1) is 0 Å². The van der Waals surface area contributed by atoms with Gasteiger partial charge in [0.2, 0.25) is 11.8 Å². The molecule has 5 nitrogen and oxygen atoms in total. The predicted molar refractivity (Wildman–Crippen MR) is 133 cm³/mol. The number of hydrogen-bond acceptors (Lipinski definition) is 3. The zero-order valence-corrected chi connectivity index (χ0v) is 20.8. The fourth-order valence-corrected chi connectivity index (χ4v) is 3.72. The van der Waals surface area contributed by atoms with Gasteiger partial charge in [0.25, 0.3) is 0 Å². The Balaban J connectivity index is 1.96.